The minimum absolute atomic E-state index is 0.0691. The van der Waals surface area contributed by atoms with Gasteiger partial charge in [-0.05, 0) is 33.0 Å². The van der Waals surface area contributed by atoms with E-state index in [1.807, 2.05) is 45.3 Å². The van der Waals surface area contributed by atoms with Crippen LogP contribution in [0.2, 0.25) is 0 Å². The van der Waals surface area contributed by atoms with Gasteiger partial charge in [0.2, 0.25) is 5.88 Å². The first-order valence-corrected chi connectivity index (χ1v) is 8.64. The van der Waals surface area contributed by atoms with Gasteiger partial charge in [0.15, 0.2) is 5.82 Å². The van der Waals surface area contributed by atoms with E-state index in [1.165, 1.54) is 0 Å². The van der Waals surface area contributed by atoms with E-state index in [1.54, 1.807) is 19.4 Å². The molecule has 0 bridgehead atoms. The van der Waals surface area contributed by atoms with Gasteiger partial charge in [-0.2, -0.15) is 4.98 Å². The second-order valence-electron chi connectivity index (χ2n) is 6.47. The Morgan fingerprint density at radius 1 is 1.11 bits per heavy atom. The Kier molecular flexibility index (Phi) is 5.61. The predicted molar refractivity (Wildman–Crippen MR) is 102 cm³/mol. The Morgan fingerprint density at radius 2 is 1.93 bits per heavy atom. The largest absolute Gasteiger partial charge is 0.496 e. The molecule has 0 atom stereocenters. The molecular formula is C20H23N5O2. The lowest BCUT2D eigenvalue weighted by molar-refractivity contribution is 0.308. The standard InChI is InChI=1S/C20H23N5O2/c1-13-10-22-17(14(2)19(13)27-4)12-25(3)11-15-9-18(26)24-20(23-15)16-7-5-6-8-21-16/h5-10H,11-12H2,1-4H3,(H,23,24,26). The third-order valence-corrected chi connectivity index (χ3v) is 4.26. The molecular weight excluding hydrogens is 342 g/mol. The highest BCUT2D eigenvalue weighted by Crippen LogP contribution is 2.25. The second-order valence-corrected chi connectivity index (χ2v) is 6.47. The number of aryl methyl sites for hydroxylation is 1. The molecule has 0 fully saturated rings. The molecule has 140 valence electrons. The van der Waals surface area contributed by atoms with Crippen LogP contribution in [0.4, 0.5) is 0 Å². The monoisotopic (exact) mass is 365 g/mol. The van der Waals surface area contributed by atoms with Gasteiger partial charge in [0.25, 0.3) is 0 Å². The molecule has 0 saturated carbocycles. The van der Waals surface area contributed by atoms with Crippen molar-refractivity contribution in [3.63, 3.8) is 0 Å². The van der Waals surface area contributed by atoms with E-state index in [4.69, 9.17) is 4.74 Å². The Hall–Kier alpha value is -3.06. The maximum Gasteiger partial charge on any atom is 0.214 e. The van der Waals surface area contributed by atoms with Crippen LogP contribution in [0, 0.1) is 13.8 Å². The minimum Gasteiger partial charge on any atom is -0.496 e. The first-order valence-electron chi connectivity index (χ1n) is 8.64. The van der Waals surface area contributed by atoms with Crippen molar-refractivity contribution in [2.24, 2.45) is 0 Å². The topological polar surface area (TPSA) is 84.3 Å². The van der Waals surface area contributed by atoms with Gasteiger partial charge in [-0.3, -0.25) is 14.9 Å². The summed E-state index contributed by atoms with van der Waals surface area (Å²) in [5.41, 5.74) is 4.33. The Morgan fingerprint density at radius 3 is 2.63 bits per heavy atom. The Bertz CT molecular complexity index is 931. The zero-order valence-electron chi connectivity index (χ0n) is 16.0. The summed E-state index contributed by atoms with van der Waals surface area (Å²) in [5.74, 6) is 1.20. The molecule has 0 unspecified atom stereocenters. The first-order chi connectivity index (χ1) is 13.0. The number of aromatic nitrogens is 4. The smallest absolute Gasteiger partial charge is 0.214 e. The number of hydrogen-bond acceptors (Lipinski definition) is 7. The molecule has 27 heavy (non-hydrogen) atoms. The third kappa shape index (κ3) is 4.38. The van der Waals surface area contributed by atoms with E-state index >= 15 is 0 Å². The second kappa shape index (κ2) is 8.09. The van der Waals surface area contributed by atoms with Crippen molar-refractivity contribution in [2.45, 2.75) is 26.9 Å². The van der Waals surface area contributed by atoms with Crippen LogP contribution in [0.1, 0.15) is 22.5 Å². The maximum atomic E-state index is 9.97. The summed E-state index contributed by atoms with van der Waals surface area (Å²) >= 11 is 0. The molecule has 7 nitrogen and oxygen atoms in total. The molecule has 0 aliphatic rings. The first kappa shape index (κ1) is 18.7. The molecule has 0 aliphatic carbocycles. The predicted octanol–water partition coefficient (Wildman–Crippen LogP) is 2.90. The number of ether oxygens (including phenoxy) is 1. The summed E-state index contributed by atoms with van der Waals surface area (Å²) in [6, 6.07) is 7.07. The van der Waals surface area contributed by atoms with Gasteiger partial charge in [-0.25, -0.2) is 4.98 Å². The van der Waals surface area contributed by atoms with Crippen LogP contribution in [0.25, 0.3) is 11.5 Å². The molecule has 3 aromatic rings. The van der Waals surface area contributed by atoms with Crippen molar-refractivity contribution < 1.29 is 9.84 Å². The lowest BCUT2D eigenvalue weighted by Crippen LogP contribution is -2.20. The number of nitrogens with zero attached hydrogens (tertiary/aromatic N) is 5. The molecule has 3 heterocycles. The fraction of sp³-hybridized carbons (Fsp3) is 0.300. The summed E-state index contributed by atoms with van der Waals surface area (Å²) in [7, 11) is 3.65. The van der Waals surface area contributed by atoms with Gasteiger partial charge < -0.3 is 9.84 Å². The average Bonchev–Trinajstić information content (AvgIpc) is 2.65. The molecule has 0 aromatic carbocycles. The quantitative estimate of drug-likeness (QED) is 0.719. The van der Waals surface area contributed by atoms with Gasteiger partial charge in [-0.15, -0.1) is 0 Å². The minimum atomic E-state index is -0.0691. The molecule has 7 heteroatoms. The summed E-state index contributed by atoms with van der Waals surface area (Å²) in [4.78, 5) is 19.5. The van der Waals surface area contributed by atoms with Crippen LogP contribution in [0.5, 0.6) is 11.6 Å². The molecule has 3 aromatic heterocycles. The lowest BCUT2D eigenvalue weighted by atomic mass is 10.1. The van der Waals surface area contributed by atoms with Crippen molar-refractivity contribution >= 4 is 0 Å². The third-order valence-electron chi connectivity index (χ3n) is 4.26. The fourth-order valence-corrected chi connectivity index (χ4v) is 2.99. The normalized spacial score (nSPS) is 11.0. The number of hydrogen-bond donors (Lipinski definition) is 1. The van der Waals surface area contributed by atoms with Crippen LogP contribution in [-0.2, 0) is 13.1 Å². The van der Waals surface area contributed by atoms with Crippen molar-refractivity contribution in [3.05, 3.63) is 59.2 Å². The van der Waals surface area contributed by atoms with E-state index in [9.17, 15) is 5.11 Å². The van der Waals surface area contributed by atoms with Gasteiger partial charge in [0.1, 0.15) is 11.4 Å². The summed E-state index contributed by atoms with van der Waals surface area (Å²) in [5, 5.41) is 9.97. The molecule has 0 amide bonds. The van der Waals surface area contributed by atoms with Crippen molar-refractivity contribution in [1.29, 1.82) is 0 Å². The highest BCUT2D eigenvalue weighted by molar-refractivity contribution is 5.49. The molecule has 0 spiro atoms. The zero-order valence-corrected chi connectivity index (χ0v) is 16.0. The molecule has 0 aliphatic heterocycles. The van der Waals surface area contributed by atoms with E-state index < -0.39 is 0 Å². The Labute approximate surface area is 158 Å². The summed E-state index contributed by atoms with van der Waals surface area (Å²) < 4.78 is 5.48. The highest BCUT2D eigenvalue weighted by Gasteiger charge is 2.13. The molecule has 0 radical (unpaired) electrons. The van der Waals surface area contributed by atoms with Gasteiger partial charge in [-0.1, -0.05) is 6.07 Å². The van der Waals surface area contributed by atoms with Gasteiger partial charge in [0.05, 0.1) is 18.5 Å². The van der Waals surface area contributed by atoms with Crippen LogP contribution in [0.15, 0.2) is 36.7 Å². The zero-order chi connectivity index (χ0) is 19.4. The van der Waals surface area contributed by atoms with E-state index in [-0.39, 0.29) is 5.88 Å². The molecule has 3 rings (SSSR count). The summed E-state index contributed by atoms with van der Waals surface area (Å²) in [6.45, 7) is 5.16. The summed E-state index contributed by atoms with van der Waals surface area (Å²) in [6.07, 6.45) is 3.50. The maximum absolute atomic E-state index is 9.97. The van der Waals surface area contributed by atoms with Crippen LogP contribution in [0.3, 0.4) is 0 Å². The molecule has 1 N–H and O–H groups in total. The number of rotatable bonds is 6. The van der Waals surface area contributed by atoms with Crippen molar-refractivity contribution in [1.82, 2.24) is 24.8 Å². The molecule has 0 saturated heterocycles. The van der Waals surface area contributed by atoms with Crippen LogP contribution in [-0.4, -0.2) is 44.1 Å². The number of methoxy groups -OCH3 is 1. The van der Waals surface area contributed by atoms with Gasteiger partial charge >= 0.3 is 0 Å². The van der Waals surface area contributed by atoms with Crippen LogP contribution < -0.4 is 4.74 Å². The van der Waals surface area contributed by atoms with Gasteiger partial charge in [0, 0.05) is 42.7 Å². The highest BCUT2D eigenvalue weighted by atomic mass is 16.5. The average molecular weight is 365 g/mol. The van der Waals surface area contributed by atoms with Crippen LogP contribution >= 0.6 is 0 Å². The fourth-order valence-electron chi connectivity index (χ4n) is 2.99. The van der Waals surface area contributed by atoms with Crippen molar-refractivity contribution in [2.75, 3.05) is 14.2 Å². The van der Waals surface area contributed by atoms with E-state index in [0.717, 1.165) is 22.6 Å². The SMILES string of the molecule is COc1c(C)cnc(CN(C)Cc2cc(O)nc(-c3ccccn3)n2)c1C. The number of aromatic hydroxyl groups is 1. The van der Waals surface area contributed by atoms with E-state index in [0.29, 0.717) is 30.3 Å². The Balaban J connectivity index is 1.79. The lowest BCUT2D eigenvalue weighted by Gasteiger charge is -2.19. The van der Waals surface area contributed by atoms with Crippen molar-refractivity contribution in [3.8, 4) is 23.1 Å². The number of pyridine rings is 2. The van der Waals surface area contributed by atoms with E-state index in [2.05, 4.69) is 24.8 Å².